The van der Waals surface area contributed by atoms with Crippen molar-refractivity contribution in [3.8, 4) is 0 Å². The van der Waals surface area contributed by atoms with Gasteiger partial charge in [-0.25, -0.2) is 9.38 Å². The predicted octanol–water partition coefficient (Wildman–Crippen LogP) is 0.127. The van der Waals surface area contributed by atoms with Crippen LogP contribution in [0.1, 0.15) is 11.6 Å². The summed E-state index contributed by atoms with van der Waals surface area (Å²) in [4.78, 5) is 17.6. The summed E-state index contributed by atoms with van der Waals surface area (Å²) in [6, 6.07) is 5.46. The summed E-state index contributed by atoms with van der Waals surface area (Å²) < 4.78 is 13.4. The van der Waals surface area contributed by atoms with Gasteiger partial charge in [-0.2, -0.15) is 0 Å². The molecule has 1 aromatic carbocycles. The molecule has 0 saturated carbocycles. The summed E-state index contributed by atoms with van der Waals surface area (Å²) in [5.41, 5.74) is 1.59. The van der Waals surface area contributed by atoms with E-state index in [2.05, 4.69) is 10.3 Å². The molecule has 21 heavy (non-hydrogen) atoms. The summed E-state index contributed by atoms with van der Waals surface area (Å²) in [6.07, 6.45) is 9.52. The fraction of sp³-hybridized carbons (Fsp3) is 0.125. The van der Waals surface area contributed by atoms with Gasteiger partial charge >= 0.3 is 0 Å². The van der Waals surface area contributed by atoms with Gasteiger partial charge in [-0.1, -0.05) is 30.4 Å². The molecule has 1 aromatic rings. The summed E-state index contributed by atoms with van der Waals surface area (Å²) in [7, 11) is 0. The zero-order valence-corrected chi connectivity index (χ0v) is 11.1. The molecule has 1 fully saturated rings. The molecule has 4 nitrogen and oxygen atoms in total. The summed E-state index contributed by atoms with van der Waals surface area (Å²) in [5, 5.41) is 3.16. The van der Waals surface area contributed by atoms with E-state index in [9.17, 15) is 9.18 Å². The first-order valence-corrected chi connectivity index (χ1v) is 6.77. The van der Waals surface area contributed by atoms with E-state index in [4.69, 9.17) is 0 Å². The summed E-state index contributed by atoms with van der Waals surface area (Å²) in [6.45, 7) is 0. The molecule has 0 aromatic heterocycles. The number of carbonyl (C=O) groups excluding carboxylic acids is 1. The number of carbonyl (C=O) groups is 1. The van der Waals surface area contributed by atoms with E-state index in [1.54, 1.807) is 23.2 Å². The lowest BCUT2D eigenvalue weighted by molar-refractivity contribution is -0.380. The molecule has 0 spiro atoms. The molecule has 2 atom stereocenters. The Morgan fingerprint density at radius 3 is 3.05 bits per heavy atom. The van der Waals surface area contributed by atoms with E-state index >= 15 is 0 Å². The monoisotopic (exact) mass is 282 g/mol. The number of fused-ring (bicyclic) bond motifs is 3. The lowest BCUT2D eigenvalue weighted by Crippen LogP contribution is -2.74. The average molecular weight is 282 g/mol. The maximum absolute atomic E-state index is 13.4. The van der Waals surface area contributed by atoms with E-state index in [-0.39, 0.29) is 17.8 Å². The van der Waals surface area contributed by atoms with Crippen LogP contribution >= 0.6 is 0 Å². The molecule has 2 unspecified atom stereocenters. The van der Waals surface area contributed by atoms with Gasteiger partial charge in [-0.3, -0.25) is 9.69 Å². The Bertz CT molecular complexity index is 748. The molecule has 0 radical (unpaired) electrons. The standard InChI is InChI=1S/C16H12FN3O/c17-11-5-3-4-10(8-11)15-16(21)20-13-7-2-1-6-12(13)18-9-14(20)19-15/h1-9,13,15,19H/p+1. The van der Waals surface area contributed by atoms with Crippen molar-refractivity contribution in [1.29, 1.82) is 0 Å². The highest BCUT2D eigenvalue weighted by Crippen LogP contribution is 2.29. The third kappa shape index (κ3) is 1.81. The SMILES string of the molecule is O=C1C(c2cccc(F)c2)NC2=C[NH+]=C3C=CC=CC3N12. The number of hydrogen-bond donors (Lipinski definition) is 2. The van der Waals surface area contributed by atoms with Crippen LogP contribution in [0, 0.1) is 5.82 Å². The van der Waals surface area contributed by atoms with Crippen LogP contribution in [0.5, 0.6) is 0 Å². The fourth-order valence-electron chi connectivity index (χ4n) is 2.89. The number of amides is 1. The first-order valence-electron chi connectivity index (χ1n) is 6.77. The zero-order chi connectivity index (χ0) is 14.4. The highest BCUT2D eigenvalue weighted by molar-refractivity contribution is 6.02. The topological polar surface area (TPSA) is 46.3 Å². The van der Waals surface area contributed by atoms with Crippen LogP contribution in [0.4, 0.5) is 4.39 Å². The number of benzene rings is 1. The molecule has 0 bridgehead atoms. The van der Waals surface area contributed by atoms with Gasteiger partial charge in [0.15, 0.2) is 5.82 Å². The summed E-state index contributed by atoms with van der Waals surface area (Å²) in [5.74, 6) is 0.297. The van der Waals surface area contributed by atoms with E-state index in [1.165, 1.54) is 12.1 Å². The molecule has 1 aliphatic carbocycles. The molecular formula is C16H13FN3O+. The Labute approximate surface area is 121 Å². The van der Waals surface area contributed by atoms with Crippen molar-refractivity contribution in [2.45, 2.75) is 12.1 Å². The quantitative estimate of drug-likeness (QED) is 0.769. The number of nitrogens with one attached hydrogen (secondary N) is 2. The molecule has 2 aliphatic heterocycles. The van der Waals surface area contributed by atoms with Crippen molar-refractivity contribution in [2.24, 2.45) is 0 Å². The Balaban J connectivity index is 1.71. The second-order valence-corrected chi connectivity index (χ2v) is 5.16. The van der Waals surface area contributed by atoms with Crippen LogP contribution in [-0.2, 0) is 4.79 Å². The van der Waals surface area contributed by atoms with Crippen LogP contribution in [0.2, 0.25) is 0 Å². The first-order chi connectivity index (χ1) is 10.2. The highest BCUT2D eigenvalue weighted by Gasteiger charge is 2.45. The van der Waals surface area contributed by atoms with Gasteiger partial charge < -0.3 is 5.32 Å². The fourth-order valence-corrected chi connectivity index (χ4v) is 2.89. The molecule has 1 amide bonds. The van der Waals surface area contributed by atoms with Gasteiger partial charge in [-0.05, 0) is 17.7 Å². The van der Waals surface area contributed by atoms with Crippen molar-refractivity contribution < 1.29 is 14.2 Å². The zero-order valence-electron chi connectivity index (χ0n) is 11.1. The van der Waals surface area contributed by atoms with Gasteiger partial charge in [0.05, 0.1) is 0 Å². The maximum Gasteiger partial charge on any atom is 0.256 e. The van der Waals surface area contributed by atoms with Crippen LogP contribution in [0.25, 0.3) is 0 Å². The van der Waals surface area contributed by atoms with Gasteiger partial charge in [0.25, 0.3) is 5.91 Å². The largest absolute Gasteiger partial charge is 0.351 e. The van der Waals surface area contributed by atoms with E-state index in [0.717, 1.165) is 5.71 Å². The number of nitrogens with zero attached hydrogens (tertiary/aromatic N) is 1. The van der Waals surface area contributed by atoms with Gasteiger partial charge in [0.2, 0.25) is 11.9 Å². The molecule has 2 heterocycles. The maximum atomic E-state index is 13.4. The lowest BCUT2D eigenvalue weighted by atomic mass is 10.0. The molecule has 4 rings (SSSR count). The summed E-state index contributed by atoms with van der Waals surface area (Å²) >= 11 is 0. The van der Waals surface area contributed by atoms with E-state index < -0.39 is 6.04 Å². The van der Waals surface area contributed by atoms with Crippen molar-refractivity contribution in [2.75, 3.05) is 0 Å². The Hall–Kier alpha value is -2.69. The average Bonchev–Trinajstić information content (AvgIpc) is 2.85. The van der Waals surface area contributed by atoms with Gasteiger partial charge in [-0.15, -0.1) is 0 Å². The molecular weight excluding hydrogens is 269 g/mol. The van der Waals surface area contributed by atoms with Crippen molar-refractivity contribution >= 4 is 11.6 Å². The van der Waals surface area contributed by atoms with Crippen LogP contribution in [0.3, 0.4) is 0 Å². The molecule has 104 valence electrons. The second-order valence-electron chi connectivity index (χ2n) is 5.16. The van der Waals surface area contributed by atoms with Gasteiger partial charge in [0.1, 0.15) is 17.9 Å². The van der Waals surface area contributed by atoms with Gasteiger partial charge in [0, 0.05) is 6.08 Å². The molecule has 5 heteroatoms. The van der Waals surface area contributed by atoms with Crippen molar-refractivity contribution in [3.05, 3.63) is 72.0 Å². The molecule has 3 aliphatic rings. The number of allylic oxidation sites excluding steroid dienone is 2. The predicted molar refractivity (Wildman–Crippen MR) is 75.2 cm³/mol. The number of rotatable bonds is 1. The Morgan fingerprint density at radius 2 is 2.19 bits per heavy atom. The van der Waals surface area contributed by atoms with Crippen LogP contribution < -0.4 is 10.3 Å². The Morgan fingerprint density at radius 1 is 1.29 bits per heavy atom. The normalized spacial score (nSPS) is 26.0. The third-order valence-corrected chi connectivity index (χ3v) is 3.87. The Kier molecular flexibility index (Phi) is 2.54. The molecule has 1 saturated heterocycles. The van der Waals surface area contributed by atoms with Crippen molar-refractivity contribution in [3.63, 3.8) is 0 Å². The number of halogens is 1. The minimum Gasteiger partial charge on any atom is -0.351 e. The molecule has 2 N–H and O–H groups in total. The third-order valence-electron chi connectivity index (χ3n) is 3.87. The first kappa shape index (κ1) is 12.1. The highest BCUT2D eigenvalue weighted by atomic mass is 19.1. The number of hydrogen-bond acceptors (Lipinski definition) is 2. The van der Waals surface area contributed by atoms with Crippen LogP contribution in [-0.4, -0.2) is 22.6 Å². The van der Waals surface area contributed by atoms with Crippen molar-refractivity contribution in [1.82, 2.24) is 10.2 Å². The lowest BCUT2D eigenvalue weighted by Gasteiger charge is -2.25. The minimum absolute atomic E-state index is 0.0733. The minimum atomic E-state index is -0.549. The van der Waals surface area contributed by atoms with Crippen LogP contribution in [0.15, 0.2) is 60.6 Å². The smallest absolute Gasteiger partial charge is 0.256 e. The second kappa shape index (κ2) is 4.41. The van der Waals surface area contributed by atoms with E-state index in [0.29, 0.717) is 11.4 Å². The van der Waals surface area contributed by atoms with E-state index in [1.807, 2.05) is 24.3 Å².